The summed E-state index contributed by atoms with van der Waals surface area (Å²) in [5.41, 5.74) is 4.46. The molecule has 4 heteroatoms. The maximum atomic E-state index is 6.10. The third-order valence-corrected chi connectivity index (χ3v) is 5.20. The number of hydrogen-bond donors (Lipinski definition) is 0. The minimum Gasteiger partial charge on any atom is -0.497 e. The fourth-order valence-corrected chi connectivity index (χ4v) is 3.69. The predicted molar refractivity (Wildman–Crippen MR) is 112 cm³/mol. The van der Waals surface area contributed by atoms with Gasteiger partial charge < -0.3 is 9.64 Å². The fourth-order valence-electron chi connectivity index (χ4n) is 3.56. The van der Waals surface area contributed by atoms with E-state index in [0.717, 1.165) is 27.7 Å². The van der Waals surface area contributed by atoms with Crippen LogP contribution >= 0.6 is 11.6 Å². The minimum absolute atomic E-state index is 0.0699. The second-order valence-corrected chi connectivity index (χ2v) is 7.02. The second-order valence-electron chi connectivity index (χ2n) is 6.59. The van der Waals surface area contributed by atoms with E-state index in [1.165, 1.54) is 5.56 Å². The summed E-state index contributed by atoms with van der Waals surface area (Å²) < 4.78 is 5.29. The van der Waals surface area contributed by atoms with Crippen molar-refractivity contribution in [1.82, 2.24) is 0 Å². The van der Waals surface area contributed by atoms with Crippen LogP contribution in [-0.2, 0) is 0 Å². The largest absolute Gasteiger partial charge is 0.497 e. The van der Waals surface area contributed by atoms with E-state index in [0.29, 0.717) is 0 Å². The van der Waals surface area contributed by atoms with Gasteiger partial charge in [-0.05, 0) is 66.6 Å². The van der Waals surface area contributed by atoms with E-state index in [2.05, 4.69) is 60.4 Å². The summed E-state index contributed by atoms with van der Waals surface area (Å²) in [6.45, 7) is 2.20. The Hall–Kier alpha value is -2.78. The van der Waals surface area contributed by atoms with Crippen LogP contribution in [0, 0.1) is 0 Å². The van der Waals surface area contributed by atoms with E-state index in [1.807, 2.05) is 30.3 Å². The molecule has 3 aromatic rings. The first kappa shape index (κ1) is 17.6. The first-order chi connectivity index (χ1) is 13.2. The van der Waals surface area contributed by atoms with Crippen molar-refractivity contribution in [2.24, 2.45) is 4.99 Å². The lowest BCUT2D eigenvalue weighted by molar-refractivity contribution is 0.415. The lowest BCUT2D eigenvalue weighted by Crippen LogP contribution is -2.35. The molecule has 0 aromatic heterocycles. The van der Waals surface area contributed by atoms with E-state index >= 15 is 0 Å². The minimum atomic E-state index is -0.0699. The summed E-state index contributed by atoms with van der Waals surface area (Å²) in [5.74, 6) is 0.846. The van der Waals surface area contributed by atoms with Crippen LogP contribution in [0.25, 0.3) is 0 Å². The van der Waals surface area contributed by atoms with E-state index in [9.17, 15) is 0 Å². The zero-order valence-electron chi connectivity index (χ0n) is 15.3. The van der Waals surface area contributed by atoms with Crippen LogP contribution in [0.5, 0.6) is 5.75 Å². The van der Waals surface area contributed by atoms with Crippen molar-refractivity contribution in [2.45, 2.75) is 19.1 Å². The van der Waals surface area contributed by atoms with Gasteiger partial charge in [0.2, 0.25) is 0 Å². The number of nitrogens with zero attached hydrogens (tertiary/aromatic N) is 2. The Bertz CT molecular complexity index is 936. The van der Waals surface area contributed by atoms with Gasteiger partial charge in [-0.3, -0.25) is 4.99 Å². The molecule has 1 aliphatic heterocycles. The van der Waals surface area contributed by atoms with Crippen LogP contribution in [-0.4, -0.2) is 18.9 Å². The zero-order chi connectivity index (χ0) is 18.8. The average Bonchev–Trinajstić information content (AvgIpc) is 3.06. The van der Waals surface area contributed by atoms with Gasteiger partial charge in [0.1, 0.15) is 11.9 Å². The van der Waals surface area contributed by atoms with Gasteiger partial charge in [0.25, 0.3) is 0 Å². The number of ether oxygens (including phenoxy) is 1. The fraction of sp³-hybridized carbons (Fsp3) is 0.174. The van der Waals surface area contributed by atoms with Gasteiger partial charge in [0.05, 0.1) is 18.9 Å². The molecular formula is C23H21ClN2O. The summed E-state index contributed by atoms with van der Waals surface area (Å²) in [5, 5.41) is 0.734. The van der Waals surface area contributed by atoms with Gasteiger partial charge >= 0.3 is 0 Å². The normalized spacial score (nSPS) is 19.1. The molecule has 0 fully saturated rings. The molecule has 136 valence electrons. The van der Waals surface area contributed by atoms with Crippen molar-refractivity contribution < 1.29 is 4.74 Å². The molecule has 0 radical (unpaired) electrons. The Balaban J connectivity index is 1.77. The van der Waals surface area contributed by atoms with Crippen molar-refractivity contribution in [3.05, 3.63) is 95.0 Å². The molecule has 1 heterocycles. The quantitative estimate of drug-likeness (QED) is 0.579. The molecule has 0 spiro atoms. The molecule has 4 rings (SSSR count). The van der Waals surface area contributed by atoms with E-state index in [1.54, 1.807) is 7.11 Å². The molecule has 0 amide bonds. The maximum absolute atomic E-state index is 6.10. The molecule has 3 nitrogen and oxygen atoms in total. The molecule has 0 N–H and O–H groups in total. The SMILES string of the molecule is COc1ccc(C2=NC(c3ccccc3)N(c3ccc(Cl)cc3)C2C)cc1. The van der Waals surface area contributed by atoms with Crippen molar-refractivity contribution in [1.29, 1.82) is 0 Å². The van der Waals surface area contributed by atoms with Gasteiger partial charge in [-0.25, -0.2) is 0 Å². The highest BCUT2D eigenvalue weighted by Gasteiger charge is 2.35. The van der Waals surface area contributed by atoms with Gasteiger partial charge in [-0.1, -0.05) is 41.9 Å². The molecule has 1 aliphatic rings. The summed E-state index contributed by atoms with van der Waals surface area (Å²) in [7, 11) is 1.68. The highest BCUT2D eigenvalue weighted by molar-refractivity contribution is 6.30. The van der Waals surface area contributed by atoms with Crippen molar-refractivity contribution in [3.63, 3.8) is 0 Å². The smallest absolute Gasteiger partial charge is 0.148 e. The second kappa shape index (κ2) is 7.45. The lowest BCUT2D eigenvalue weighted by Gasteiger charge is -2.30. The number of rotatable bonds is 4. The monoisotopic (exact) mass is 376 g/mol. The van der Waals surface area contributed by atoms with Crippen molar-refractivity contribution in [3.8, 4) is 5.75 Å². The number of benzene rings is 3. The van der Waals surface area contributed by atoms with Crippen LogP contribution < -0.4 is 9.64 Å². The van der Waals surface area contributed by atoms with Crippen LogP contribution in [0.3, 0.4) is 0 Å². The van der Waals surface area contributed by atoms with Crippen LogP contribution in [0.15, 0.2) is 83.9 Å². The van der Waals surface area contributed by atoms with Gasteiger partial charge in [0, 0.05) is 10.7 Å². The average molecular weight is 377 g/mol. The molecule has 27 heavy (non-hydrogen) atoms. The topological polar surface area (TPSA) is 24.8 Å². The van der Waals surface area contributed by atoms with Crippen LogP contribution in [0.1, 0.15) is 24.2 Å². The number of methoxy groups -OCH3 is 1. The third kappa shape index (κ3) is 3.43. The van der Waals surface area contributed by atoms with Crippen LogP contribution in [0.4, 0.5) is 5.69 Å². The van der Waals surface area contributed by atoms with Crippen molar-refractivity contribution >= 4 is 23.0 Å². The predicted octanol–water partition coefficient (Wildman–Crippen LogP) is 5.75. The molecule has 2 unspecified atom stereocenters. The lowest BCUT2D eigenvalue weighted by atomic mass is 10.0. The van der Waals surface area contributed by atoms with Gasteiger partial charge in [-0.2, -0.15) is 0 Å². The van der Waals surface area contributed by atoms with Crippen molar-refractivity contribution in [2.75, 3.05) is 12.0 Å². The maximum Gasteiger partial charge on any atom is 0.148 e. The molecule has 0 aliphatic carbocycles. The van der Waals surface area contributed by atoms with E-state index < -0.39 is 0 Å². The summed E-state index contributed by atoms with van der Waals surface area (Å²) in [4.78, 5) is 7.45. The van der Waals surface area contributed by atoms with Gasteiger partial charge in [-0.15, -0.1) is 0 Å². The number of halogens is 1. The summed E-state index contributed by atoms with van der Waals surface area (Å²) in [6.07, 6.45) is -0.0699. The molecule has 0 saturated heterocycles. The highest BCUT2D eigenvalue weighted by Crippen LogP contribution is 2.37. The zero-order valence-corrected chi connectivity index (χ0v) is 16.1. The highest BCUT2D eigenvalue weighted by atomic mass is 35.5. The summed E-state index contributed by atoms with van der Waals surface area (Å²) >= 11 is 6.10. The Kier molecular flexibility index (Phi) is 4.87. The molecule has 0 saturated carbocycles. The first-order valence-electron chi connectivity index (χ1n) is 8.98. The molecular weight excluding hydrogens is 356 g/mol. The Labute approximate surface area is 164 Å². The first-order valence-corrected chi connectivity index (χ1v) is 9.36. The molecule has 0 bridgehead atoms. The van der Waals surface area contributed by atoms with E-state index in [4.69, 9.17) is 21.3 Å². The van der Waals surface area contributed by atoms with E-state index in [-0.39, 0.29) is 12.2 Å². The number of hydrogen-bond acceptors (Lipinski definition) is 3. The standard InChI is InChI=1S/C23H21ClN2O/c1-16-22(17-8-14-21(27-2)15-9-17)25-23(18-6-4-3-5-7-18)26(16)20-12-10-19(24)11-13-20/h3-16,23H,1-2H3. The number of aliphatic imine (C=N–C) groups is 1. The number of anilines is 1. The van der Waals surface area contributed by atoms with Gasteiger partial charge in [0.15, 0.2) is 0 Å². The molecule has 2 atom stereocenters. The Morgan fingerprint density at radius 3 is 2.19 bits per heavy atom. The molecule has 3 aromatic carbocycles. The Morgan fingerprint density at radius 1 is 0.889 bits per heavy atom. The summed E-state index contributed by atoms with van der Waals surface area (Å²) in [6, 6.07) is 26.6. The Morgan fingerprint density at radius 2 is 1.56 bits per heavy atom. The third-order valence-electron chi connectivity index (χ3n) is 4.95. The van der Waals surface area contributed by atoms with Crippen LogP contribution in [0.2, 0.25) is 5.02 Å².